The molecule has 1 aromatic heterocycles. The number of rotatable bonds is 7. The second kappa shape index (κ2) is 8.41. The van der Waals surface area contributed by atoms with Gasteiger partial charge in [0.2, 0.25) is 0 Å². The van der Waals surface area contributed by atoms with Crippen molar-refractivity contribution in [1.82, 2.24) is 20.0 Å². The molecule has 6 heteroatoms. The summed E-state index contributed by atoms with van der Waals surface area (Å²) >= 11 is 5.76. The molecule has 1 aliphatic heterocycles. The van der Waals surface area contributed by atoms with E-state index in [1.807, 2.05) is 0 Å². The molecule has 0 aliphatic carbocycles. The molecule has 1 N–H and O–H groups in total. The first-order valence-corrected chi connectivity index (χ1v) is 9.45. The third-order valence-electron chi connectivity index (χ3n) is 3.70. The number of aryl methyl sites for hydroxylation is 2. The maximum absolute atomic E-state index is 4.63. The van der Waals surface area contributed by atoms with Crippen molar-refractivity contribution in [3.05, 3.63) is 15.9 Å². The van der Waals surface area contributed by atoms with E-state index in [2.05, 4.69) is 61.5 Å². The van der Waals surface area contributed by atoms with Crippen LogP contribution < -0.4 is 5.32 Å². The van der Waals surface area contributed by atoms with Crippen molar-refractivity contribution in [2.24, 2.45) is 0 Å². The lowest BCUT2D eigenvalue weighted by atomic mass is 10.3. The van der Waals surface area contributed by atoms with Gasteiger partial charge in [-0.15, -0.1) is 0 Å². The van der Waals surface area contributed by atoms with E-state index in [0.717, 1.165) is 38.3 Å². The highest BCUT2D eigenvalue weighted by Gasteiger charge is 2.14. The second-order valence-electron chi connectivity index (χ2n) is 5.01. The van der Waals surface area contributed by atoms with Gasteiger partial charge >= 0.3 is 0 Å². The average Bonchev–Trinajstić information content (AvgIpc) is 2.80. The quantitative estimate of drug-likeness (QED) is 0.756. The minimum Gasteiger partial charge on any atom is -0.310 e. The van der Waals surface area contributed by atoms with Gasteiger partial charge in [-0.3, -0.25) is 4.68 Å². The van der Waals surface area contributed by atoms with Gasteiger partial charge in [0.1, 0.15) is 0 Å². The van der Waals surface area contributed by atoms with Crippen LogP contribution in [0.25, 0.3) is 0 Å². The van der Waals surface area contributed by atoms with Crippen molar-refractivity contribution in [2.75, 3.05) is 37.7 Å². The molecule has 0 aromatic carbocycles. The summed E-state index contributed by atoms with van der Waals surface area (Å²) in [4.78, 5) is 2.55. The Morgan fingerprint density at radius 2 is 2.05 bits per heavy atom. The number of aromatic nitrogens is 2. The van der Waals surface area contributed by atoms with Gasteiger partial charge in [-0.1, -0.05) is 6.92 Å². The molecule has 0 amide bonds. The molecule has 0 radical (unpaired) electrons. The molecule has 0 atom stereocenters. The lowest BCUT2D eigenvalue weighted by Crippen LogP contribution is -2.37. The van der Waals surface area contributed by atoms with Crippen molar-refractivity contribution >= 4 is 27.7 Å². The van der Waals surface area contributed by atoms with Crippen LogP contribution in [0.4, 0.5) is 0 Å². The minimum atomic E-state index is 0.893. The molecule has 1 aliphatic rings. The summed E-state index contributed by atoms with van der Waals surface area (Å²) in [7, 11) is 0. The summed E-state index contributed by atoms with van der Waals surface area (Å²) in [6.07, 6.45) is 0.978. The Hall–Kier alpha value is -0.0400. The van der Waals surface area contributed by atoms with Crippen molar-refractivity contribution < 1.29 is 0 Å². The van der Waals surface area contributed by atoms with Crippen LogP contribution in [0, 0.1) is 0 Å². The smallest absolute Gasteiger partial charge is 0.0767 e. The van der Waals surface area contributed by atoms with Crippen molar-refractivity contribution in [2.45, 2.75) is 33.4 Å². The molecule has 0 saturated carbocycles. The van der Waals surface area contributed by atoms with Crippen LogP contribution in [0.5, 0.6) is 0 Å². The molecule has 4 nitrogen and oxygen atoms in total. The highest BCUT2D eigenvalue weighted by atomic mass is 79.9. The Kier molecular flexibility index (Phi) is 6.87. The third-order valence-corrected chi connectivity index (χ3v) is 5.55. The monoisotopic (exact) mass is 360 g/mol. The summed E-state index contributed by atoms with van der Waals surface area (Å²) in [6, 6.07) is 0. The van der Waals surface area contributed by atoms with E-state index in [-0.39, 0.29) is 0 Å². The lowest BCUT2D eigenvalue weighted by molar-refractivity contribution is 0.300. The summed E-state index contributed by atoms with van der Waals surface area (Å²) in [5, 5.41) is 8.19. The molecular weight excluding hydrogens is 336 g/mol. The number of thioether (sulfide) groups is 1. The van der Waals surface area contributed by atoms with Crippen LogP contribution in [-0.4, -0.2) is 52.4 Å². The van der Waals surface area contributed by atoms with Gasteiger partial charge < -0.3 is 10.2 Å². The summed E-state index contributed by atoms with van der Waals surface area (Å²) in [5.41, 5.74) is 2.44. The Morgan fingerprint density at radius 3 is 2.70 bits per heavy atom. The van der Waals surface area contributed by atoms with E-state index in [4.69, 9.17) is 0 Å². The summed E-state index contributed by atoms with van der Waals surface area (Å²) in [6.45, 7) is 10.8. The zero-order valence-electron chi connectivity index (χ0n) is 12.5. The fourth-order valence-electron chi connectivity index (χ4n) is 2.45. The van der Waals surface area contributed by atoms with Crippen LogP contribution >= 0.6 is 27.7 Å². The molecule has 2 heterocycles. The van der Waals surface area contributed by atoms with E-state index in [1.54, 1.807) is 0 Å². The Morgan fingerprint density at radius 1 is 1.30 bits per heavy atom. The van der Waals surface area contributed by atoms with Crippen LogP contribution in [0.3, 0.4) is 0 Å². The maximum Gasteiger partial charge on any atom is 0.0767 e. The number of halogens is 1. The van der Waals surface area contributed by atoms with Gasteiger partial charge in [-0.05, 0) is 29.3 Å². The molecule has 2 rings (SSSR count). The van der Waals surface area contributed by atoms with E-state index in [0.29, 0.717) is 0 Å². The Balaban J connectivity index is 1.79. The van der Waals surface area contributed by atoms with Crippen LogP contribution in [0.1, 0.15) is 25.2 Å². The maximum atomic E-state index is 4.63. The van der Waals surface area contributed by atoms with Crippen LogP contribution in [-0.2, 0) is 19.5 Å². The Bertz CT molecular complexity index is 416. The number of hydrogen-bond donors (Lipinski definition) is 1. The summed E-state index contributed by atoms with van der Waals surface area (Å²) < 4.78 is 3.29. The molecule has 0 bridgehead atoms. The highest BCUT2D eigenvalue weighted by molar-refractivity contribution is 9.10. The number of nitrogens with zero attached hydrogens (tertiary/aromatic N) is 3. The van der Waals surface area contributed by atoms with Gasteiger partial charge in [0, 0.05) is 50.8 Å². The molecule has 114 valence electrons. The fraction of sp³-hybridized carbons (Fsp3) is 0.786. The first kappa shape index (κ1) is 16.3. The molecule has 20 heavy (non-hydrogen) atoms. The second-order valence-corrected chi connectivity index (χ2v) is 7.03. The largest absolute Gasteiger partial charge is 0.310 e. The first-order chi connectivity index (χ1) is 9.76. The Labute approximate surface area is 134 Å². The highest BCUT2D eigenvalue weighted by Crippen LogP contribution is 2.22. The molecule has 1 aromatic rings. The minimum absolute atomic E-state index is 0.893. The van der Waals surface area contributed by atoms with Gasteiger partial charge in [0.05, 0.1) is 15.9 Å². The molecule has 1 saturated heterocycles. The molecular formula is C14H25BrN4S. The average molecular weight is 361 g/mol. The predicted octanol–water partition coefficient (Wildman–Crippen LogP) is 2.37. The normalized spacial score (nSPS) is 16.8. The van der Waals surface area contributed by atoms with Crippen molar-refractivity contribution in [3.63, 3.8) is 0 Å². The summed E-state index contributed by atoms with van der Waals surface area (Å²) in [5.74, 6) is 2.57. The fourth-order valence-corrected chi connectivity index (χ4v) is 4.14. The molecule has 0 unspecified atom stereocenters. The zero-order valence-corrected chi connectivity index (χ0v) is 14.9. The topological polar surface area (TPSA) is 33.1 Å². The number of nitrogens with one attached hydrogen (secondary N) is 1. The van der Waals surface area contributed by atoms with E-state index < -0.39 is 0 Å². The standard InChI is InChI=1S/C14H25BrN4S/c1-3-12-14(15)13(19(4-2)17-12)11-16-5-6-18-7-9-20-10-8-18/h16H,3-11H2,1-2H3. The van der Waals surface area contributed by atoms with Crippen LogP contribution in [0.15, 0.2) is 4.47 Å². The lowest BCUT2D eigenvalue weighted by Gasteiger charge is -2.26. The number of hydrogen-bond acceptors (Lipinski definition) is 4. The first-order valence-electron chi connectivity index (χ1n) is 7.51. The van der Waals surface area contributed by atoms with E-state index >= 15 is 0 Å². The van der Waals surface area contributed by atoms with Crippen molar-refractivity contribution in [3.8, 4) is 0 Å². The molecule has 1 fully saturated rings. The zero-order chi connectivity index (χ0) is 14.4. The van der Waals surface area contributed by atoms with Gasteiger partial charge in [0.25, 0.3) is 0 Å². The van der Waals surface area contributed by atoms with E-state index in [9.17, 15) is 0 Å². The molecule has 0 spiro atoms. The van der Waals surface area contributed by atoms with Crippen molar-refractivity contribution in [1.29, 1.82) is 0 Å². The van der Waals surface area contributed by atoms with E-state index in [1.165, 1.54) is 34.8 Å². The van der Waals surface area contributed by atoms with Gasteiger partial charge in [-0.2, -0.15) is 16.9 Å². The predicted molar refractivity (Wildman–Crippen MR) is 90.5 cm³/mol. The SMILES string of the molecule is CCc1nn(CC)c(CNCCN2CCSCC2)c1Br. The third kappa shape index (κ3) is 4.23. The van der Waals surface area contributed by atoms with Gasteiger partial charge in [-0.25, -0.2) is 0 Å². The van der Waals surface area contributed by atoms with Gasteiger partial charge in [0.15, 0.2) is 0 Å². The van der Waals surface area contributed by atoms with Crippen LogP contribution in [0.2, 0.25) is 0 Å².